The van der Waals surface area contributed by atoms with Crippen molar-refractivity contribution in [2.75, 3.05) is 13.1 Å². The van der Waals surface area contributed by atoms with E-state index in [9.17, 15) is 18.0 Å². The topological polar surface area (TPSA) is 38.3 Å². The molecule has 0 aromatic heterocycles. The molecule has 0 aromatic rings. The van der Waals surface area contributed by atoms with E-state index in [-0.39, 0.29) is 12.5 Å². The van der Waals surface area contributed by atoms with E-state index in [0.717, 1.165) is 0 Å². The van der Waals surface area contributed by atoms with Gasteiger partial charge in [-0.15, -0.1) is 0 Å². The summed E-state index contributed by atoms with van der Waals surface area (Å²) in [7, 11) is 0. The van der Waals surface area contributed by atoms with Crippen LogP contribution in [-0.2, 0) is 9.53 Å². The van der Waals surface area contributed by atoms with E-state index in [1.807, 2.05) is 0 Å². The second-order valence-corrected chi connectivity index (χ2v) is 4.03. The molecule has 1 N–H and O–H groups in total. The summed E-state index contributed by atoms with van der Waals surface area (Å²) in [5.74, 6) is -2.24. The van der Waals surface area contributed by atoms with Crippen molar-refractivity contribution in [3.05, 3.63) is 0 Å². The fourth-order valence-corrected chi connectivity index (χ4v) is 1.63. The summed E-state index contributed by atoms with van der Waals surface area (Å²) in [5.41, 5.74) is -1.01. The molecule has 1 aliphatic rings. The molecule has 0 spiro atoms. The largest absolute Gasteiger partial charge is 0.490 e. The van der Waals surface area contributed by atoms with Gasteiger partial charge in [-0.2, -0.15) is 13.2 Å². The molecule has 1 atom stereocenters. The first-order valence-corrected chi connectivity index (χ1v) is 4.79. The molecule has 1 saturated heterocycles. The second kappa shape index (κ2) is 4.00. The van der Waals surface area contributed by atoms with Crippen molar-refractivity contribution in [1.82, 2.24) is 5.32 Å². The number of rotatable bonds is 2. The maximum atomic E-state index is 12.0. The predicted octanol–water partition coefficient (Wildman–Crippen LogP) is 1.48. The summed E-state index contributed by atoms with van der Waals surface area (Å²) >= 11 is 0. The van der Waals surface area contributed by atoms with Crippen molar-refractivity contribution in [2.45, 2.75) is 32.0 Å². The van der Waals surface area contributed by atoms with Crippen LogP contribution in [0, 0.1) is 5.92 Å². The fourth-order valence-electron chi connectivity index (χ4n) is 1.63. The molecule has 1 aliphatic heterocycles. The zero-order valence-electron chi connectivity index (χ0n) is 8.65. The molecule has 1 fully saturated rings. The summed E-state index contributed by atoms with van der Waals surface area (Å²) < 4.78 is 40.7. The van der Waals surface area contributed by atoms with E-state index in [1.54, 1.807) is 13.8 Å². The molecule has 0 radical (unpaired) electrons. The van der Waals surface area contributed by atoms with Crippen LogP contribution in [0.1, 0.15) is 20.3 Å². The lowest BCUT2D eigenvalue weighted by Gasteiger charge is -2.32. The van der Waals surface area contributed by atoms with E-state index in [4.69, 9.17) is 0 Å². The van der Waals surface area contributed by atoms with Crippen molar-refractivity contribution in [2.24, 2.45) is 5.92 Å². The summed E-state index contributed by atoms with van der Waals surface area (Å²) in [4.78, 5) is 10.8. The highest BCUT2D eigenvalue weighted by molar-refractivity contribution is 5.76. The SMILES string of the molecule is CC(C)C1(OC(=O)C(F)(F)F)CCNC1. The molecule has 3 nitrogen and oxygen atoms in total. The molecule has 0 aliphatic carbocycles. The van der Waals surface area contributed by atoms with Gasteiger partial charge in [-0.3, -0.25) is 0 Å². The van der Waals surface area contributed by atoms with Crippen molar-refractivity contribution in [1.29, 1.82) is 0 Å². The number of nitrogens with one attached hydrogen (secondary N) is 1. The number of halogens is 3. The minimum Gasteiger partial charge on any atom is -0.451 e. The Bertz CT molecular complexity index is 244. The number of esters is 1. The predicted molar refractivity (Wildman–Crippen MR) is 47.2 cm³/mol. The molecule has 88 valence electrons. The molecule has 0 amide bonds. The highest BCUT2D eigenvalue weighted by Gasteiger charge is 2.48. The molecule has 1 unspecified atom stereocenters. The van der Waals surface area contributed by atoms with Crippen molar-refractivity contribution in [3.8, 4) is 0 Å². The minimum absolute atomic E-state index is 0.140. The highest BCUT2D eigenvalue weighted by Crippen LogP contribution is 2.31. The average molecular weight is 225 g/mol. The number of carbonyl (C=O) groups is 1. The summed E-state index contributed by atoms with van der Waals surface area (Å²) in [6.45, 7) is 4.35. The van der Waals surface area contributed by atoms with E-state index in [2.05, 4.69) is 10.1 Å². The Morgan fingerprint density at radius 3 is 2.40 bits per heavy atom. The molecule has 0 aromatic carbocycles. The van der Waals surface area contributed by atoms with Gasteiger partial charge in [0.1, 0.15) is 5.60 Å². The Balaban J connectivity index is 2.72. The zero-order valence-corrected chi connectivity index (χ0v) is 8.65. The normalized spacial score (nSPS) is 27.1. The van der Waals surface area contributed by atoms with Crippen LogP contribution in [0.25, 0.3) is 0 Å². The summed E-state index contributed by atoms with van der Waals surface area (Å²) in [5, 5.41) is 2.91. The molecule has 15 heavy (non-hydrogen) atoms. The maximum absolute atomic E-state index is 12.0. The molecular formula is C9H14F3NO2. The number of hydrogen-bond donors (Lipinski definition) is 1. The Morgan fingerprint density at radius 2 is 2.07 bits per heavy atom. The first-order valence-electron chi connectivity index (χ1n) is 4.79. The van der Waals surface area contributed by atoms with Crippen molar-refractivity contribution >= 4 is 5.97 Å². The maximum Gasteiger partial charge on any atom is 0.490 e. The first kappa shape index (κ1) is 12.3. The molecule has 1 heterocycles. The van der Waals surface area contributed by atoms with Crippen molar-refractivity contribution < 1.29 is 22.7 Å². The average Bonchev–Trinajstić information content (AvgIpc) is 2.52. The van der Waals surface area contributed by atoms with Crippen LogP contribution in [0.15, 0.2) is 0 Å². The first-order chi connectivity index (χ1) is 6.78. The van der Waals surface area contributed by atoms with E-state index >= 15 is 0 Å². The van der Waals surface area contributed by atoms with Gasteiger partial charge in [0.25, 0.3) is 0 Å². The summed E-state index contributed by atoms with van der Waals surface area (Å²) in [6, 6.07) is 0. The van der Waals surface area contributed by atoms with Crippen molar-refractivity contribution in [3.63, 3.8) is 0 Å². The zero-order chi connectivity index (χ0) is 11.7. The number of carbonyl (C=O) groups excluding carboxylic acids is 1. The molecular weight excluding hydrogens is 211 g/mol. The standard InChI is InChI=1S/C9H14F3NO2/c1-6(2)8(3-4-13-5-8)15-7(14)9(10,11)12/h6,13H,3-5H2,1-2H3. The molecule has 0 bridgehead atoms. The Morgan fingerprint density at radius 1 is 1.47 bits per heavy atom. The van der Waals surface area contributed by atoms with Crippen LogP contribution >= 0.6 is 0 Å². The van der Waals surface area contributed by atoms with E-state index < -0.39 is 17.7 Å². The highest BCUT2D eigenvalue weighted by atomic mass is 19.4. The van der Waals surface area contributed by atoms with Crippen LogP contribution in [0.4, 0.5) is 13.2 Å². The third-order valence-electron chi connectivity index (χ3n) is 2.73. The molecule has 6 heteroatoms. The van der Waals surface area contributed by atoms with Gasteiger partial charge in [0.15, 0.2) is 0 Å². The second-order valence-electron chi connectivity index (χ2n) is 4.03. The lowest BCUT2D eigenvalue weighted by atomic mass is 9.89. The number of ether oxygens (including phenoxy) is 1. The molecule has 1 rings (SSSR count). The Kier molecular flexibility index (Phi) is 3.28. The van der Waals surface area contributed by atoms with Gasteiger partial charge in [-0.05, 0) is 12.5 Å². The van der Waals surface area contributed by atoms with Gasteiger partial charge in [0.2, 0.25) is 0 Å². The van der Waals surface area contributed by atoms with E-state index in [0.29, 0.717) is 13.0 Å². The van der Waals surface area contributed by atoms with Crippen LogP contribution in [0.3, 0.4) is 0 Å². The van der Waals surface area contributed by atoms with Crippen LogP contribution in [0.5, 0.6) is 0 Å². The van der Waals surface area contributed by atoms with Gasteiger partial charge in [-0.25, -0.2) is 4.79 Å². The fraction of sp³-hybridized carbons (Fsp3) is 0.889. The number of hydrogen-bond acceptors (Lipinski definition) is 3. The minimum atomic E-state index is -4.91. The van der Waals surface area contributed by atoms with Gasteiger partial charge in [0.05, 0.1) is 0 Å². The van der Waals surface area contributed by atoms with Crippen LogP contribution in [-0.4, -0.2) is 30.8 Å². The van der Waals surface area contributed by atoms with Gasteiger partial charge in [0, 0.05) is 13.0 Å². The van der Waals surface area contributed by atoms with Crippen LogP contribution < -0.4 is 5.32 Å². The monoisotopic (exact) mass is 225 g/mol. The van der Waals surface area contributed by atoms with Gasteiger partial charge in [-0.1, -0.05) is 13.8 Å². The Hall–Kier alpha value is -0.780. The van der Waals surface area contributed by atoms with E-state index in [1.165, 1.54) is 0 Å². The smallest absolute Gasteiger partial charge is 0.451 e. The Labute approximate surface area is 86.0 Å². The quantitative estimate of drug-likeness (QED) is 0.723. The summed E-state index contributed by atoms with van der Waals surface area (Å²) in [6.07, 6.45) is -4.49. The lowest BCUT2D eigenvalue weighted by Crippen LogP contribution is -2.45. The lowest BCUT2D eigenvalue weighted by molar-refractivity contribution is -0.216. The third-order valence-corrected chi connectivity index (χ3v) is 2.73. The third kappa shape index (κ3) is 2.62. The van der Waals surface area contributed by atoms with Gasteiger partial charge >= 0.3 is 12.1 Å². The molecule has 0 saturated carbocycles. The van der Waals surface area contributed by atoms with Gasteiger partial charge < -0.3 is 10.1 Å². The van der Waals surface area contributed by atoms with Crippen LogP contribution in [0.2, 0.25) is 0 Å². The number of alkyl halides is 3.